The molecule has 2 aromatic carbocycles. The van der Waals surface area contributed by atoms with Crippen LogP contribution < -0.4 is 4.74 Å². The van der Waals surface area contributed by atoms with Crippen LogP contribution in [-0.2, 0) is 11.4 Å². The molecule has 2 rings (SSSR count). The molecule has 0 amide bonds. The zero-order chi connectivity index (χ0) is 14.5. The molecule has 0 spiro atoms. The van der Waals surface area contributed by atoms with Crippen molar-refractivity contribution in [2.75, 3.05) is 0 Å². The summed E-state index contributed by atoms with van der Waals surface area (Å²) in [6.45, 7) is 4.27. The highest BCUT2D eigenvalue weighted by Gasteiger charge is 2.08. The number of aryl methyl sites for hydroxylation is 2. The van der Waals surface area contributed by atoms with E-state index in [1.807, 2.05) is 32.0 Å². The summed E-state index contributed by atoms with van der Waals surface area (Å²) in [5.41, 5.74) is 3.39. The summed E-state index contributed by atoms with van der Waals surface area (Å²) < 4.78 is 5.77. The maximum atomic E-state index is 10.4. The molecule has 0 aliphatic rings. The topological polar surface area (TPSA) is 38.7 Å². The molecule has 0 N–H and O–H groups in total. The summed E-state index contributed by atoms with van der Waals surface area (Å²) in [7, 11) is 0. The van der Waals surface area contributed by atoms with Gasteiger partial charge in [-0.05, 0) is 37.6 Å². The fourth-order valence-electron chi connectivity index (χ4n) is 1.96. The largest absolute Gasteiger partial charge is 0.488 e. The Morgan fingerprint density at radius 1 is 1.25 bits per heavy atom. The minimum Gasteiger partial charge on any atom is -0.488 e. The Morgan fingerprint density at radius 2 is 2.05 bits per heavy atom. The molecule has 3 nitrogen and oxygen atoms in total. The maximum absolute atomic E-state index is 10.4. The maximum Gasteiger partial charge on any atom is 0.240 e. The van der Waals surface area contributed by atoms with E-state index in [2.05, 4.69) is 4.99 Å². The number of benzene rings is 2. The number of rotatable bonds is 4. The van der Waals surface area contributed by atoms with Gasteiger partial charge in [-0.2, -0.15) is 4.99 Å². The molecule has 0 fully saturated rings. The van der Waals surface area contributed by atoms with Gasteiger partial charge in [0.2, 0.25) is 6.08 Å². The molecule has 0 unspecified atom stereocenters. The van der Waals surface area contributed by atoms with Crippen LogP contribution in [0, 0.1) is 13.8 Å². The van der Waals surface area contributed by atoms with Crippen LogP contribution in [0.2, 0.25) is 5.02 Å². The van der Waals surface area contributed by atoms with Crippen LogP contribution in [0.1, 0.15) is 16.7 Å². The molecule has 20 heavy (non-hydrogen) atoms. The average Bonchev–Trinajstić information content (AvgIpc) is 2.40. The van der Waals surface area contributed by atoms with E-state index in [0.29, 0.717) is 16.3 Å². The van der Waals surface area contributed by atoms with Crippen LogP contribution in [0.15, 0.2) is 41.4 Å². The number of nitrogens with zero attached hydrogens (tertiary/aromatic N) is 1. The van der Waals surface area contributed by atoms with Crippen molar-refractivity contribution >= 4 is 23.4 Å². The van der Waals surface area contributed by atoms with E-state index >= 15 is 0 Å². The first kappa shape index (κ1) is 14.3. The summed E-state index contributed by atoms with van der Waals surface area (Å²) in [6.07, 6.45) is 1.53. The number of isocyanates is 1. The third-order valence-corrected chi connectivity index (χ3v) is 3.32. The van der Waals surface area contributed by atoms with Gasteiger partial charge in [0, 0.05) is 10.6 Å². The molecule has 0 aliphatic heterocycles. The first-order valence-electron chi connectivity index (χ1n) is 6.17. The Morgan fingerprint density at radius 3 is 2.75 bits per heavy atom. The number of aliphatic imine (C=N–C) groups is 1. The second kappa shape index (κ2) is 6.38. The SMILES string of the molecule is Cc1ccc(OCc2c(Cl)cccc2N=C=O)c(C)c1. The Labute approximate surface area is 122 Å². The van der Waals surface area contributed by atoms with Crippen molar-refractivity contribution in [3.05, 3.63) is 58.1 Å². The van der Waals surface area contributed by atoms with Gasteiger partial charge in [-0.25, -0.2) is 4.79 Å². The van der Waals surface area contributed by atoms with Gasteiger partial charge >= 0.3 is 0 Å². The van der Waals surface area contributed by atoms with E-state index < -0.39 is 0 Å². The van der Waals surface area contributed by atoms with Gasteiger partial charge in [0.25, 0.3) is 0 Å². The van der Waals surface area contributed by atoms with Crippen molar-refractivity contribution in [1.82, 2.24) is 0 Å². The fourth-order valence-corrected chi connectivity index (χ4v) is 2.18. The monoisotopic (exact) mass is 287 g/mol. The van der Waals surface area contributed by atoms with Gasteiger partial charge in [0.15, 0.2) is 0 Å². The zero-order valence-corrected chi connectivity index (χ0v) is 12.1. The Balaban J connectivity index is 2.24. The number of carbonyl (C=O) groups excluding carboxylic acids is 1. The second-order valence-electron chi connectivity index (χ2n) is 4.50. The Bertz CT molecular complexity index is 676. The third-order valence-electron chi connectivity index (χ3n) is 2.96. The van der Waals surface area contributed by atoms with Gasteiger partial charge in [-0.15, -0.1) is 0 Å². The van der Waals surface area contributed by atoms with Crippen molar-refractivity contribution in [1.29, 1.82) is 0 Å². The lowest BCUT2D eigenvalue weighted by atomic mass is 10.1. The van der Waals surface area contributed by atoms with Gasteiger partial charge < -0.3 is 4.74 Å². The molecule has 0 saturated carbocycles. The molecule has 102 valence electrons. The van der Waals surface area contributed by atoms with Crippen LogP contribution in [0.5, 0.6) is 5.75 Å². The summed E-state index contributed by atoms with van der Waals surface area (Å²) in [5.74, 6) is 0.788. The van der Waals surface area contributed by atoms with Crippen molar-refractivity contribution in [3.8, 4) is 5.75 Å². The normalized spacial score (nSPS) is 9.95. The van der Waals surface area contributed by atoms with E-state index in [1.54, 1.807) is 18.2 Å². The molecular formula is C16H14ClNO2. The summed E-state index contributed by atoms with van der Waals surface area (Å²) in [4.78, 5) is 14.1. The molecule has 0 saturated heterocycles. The summed E-state index contributed by atoms with van der Waals surface area (Å²) in [6, 6.07) is 11.1. The highest BCUT2D eigenvalue weighted by molar-refractivity contribution is 6.31. The fraction of sp³-hybridized carbons (Fsp3) is 0.188. The van der Waals surface area contributed by atoms with Crippen molar-refractivity contribution in [3.63, 3.8) is 0 Å². The third kappa shape index (κ3) is 3.27. The highest BCUT2D eigenvalue weighted by Crippen LogP contribution is 2.28. The minimum atomic E-state index is 0.254. The van der Waals surface area contributed by atoms with Crippen LogP contribution in [0.4, 0.5) is 5.69 Å². The number of hydrogen-bond donors (Lipinski definition) is 0. The highest BCUT2D eigenvalue weighted by atomic mass is 35.5. The van der Waals surface area contributed by atoms with E-state index in [1.165, 1.54) is 11.6 Å². The van der Waals surface area contributed by atoms with Crippen LogP contribution in [0.25, 0.3) is 0 Å². The molecule has 0 atom stereocenters. The number of halogens is 1. The number of ether oxygens (including phenoxy) is 1. The quantitative estimate of drug-likeness (QED) is 0.613. The van der Waals surface area contributed by atoms with Gasteiger partial charge in [0.05, 0.1) is 5.69 Å². The van der Waals surface area contributed by atoms with Crippen molar-refractivity contribution in [2.45, 2.75) is 20.5 Å². The van der Waals surface area contributed by atoms with Crippen molar-refractivity contribution < 1.29 is 9.53 Å². The second-order valence-corrected chi connectivity index (χ2v) is 4.91. The van der Waals surface area contributed by atoms with Gasteiger partial charge in [-0.1, -0.05) is 35.4 Å². The standard InChI is InChI=1S/C16H14ClNO2/c1-11-6-7-16(12(2)8-11)20-9-13-14(17)4-3-5-15(13)18-10-19/h3-8H,9H2,1-2H3. The lowest BCUT2D eigenvalue weighted by Gasteiger charge is -2.12. The van der Waals surface area contributed by atoms with Crippen LogP contribution in [0.3, 0.4) is 0 Å². The van der Waals surface area contributed by atoms with Crippen LogP contribution >= 0.6 is 11.6 Å². The molecule has 0 heterocycles. The first-order chi connectivity index (χ1) is 9.61. The first-order valence-corrected chi connectivity index (χ1v) is 6.55. The summed E-state index contributed by atoms with van der Waals surface area (Å²) in [5, 5.41) is 0.520. The smallest absolute Gasteiger partial charge is 0.240 e. The van der Waals surface area contributed by atoms with Crippen LogP contribution in [-0.4, -0.2) is 6.08 Å². The summed E-state index contributed by atoms with van der Waals surface area (Å²) >= 11 is 6.13. The van der Waals surface area contributed by atoms with E-state index in [9.17, 15) is 4.79 Å². The predicted molar refractivity (Wildman–Crippen MR) is 79.5 cm³/mol. The van der Waals surface area contributed by atoms with Crippen molar-refractivity contribution in [2.24, 2.45) is 4.99 Å². The lowest BCUT2D eigenvalue weighted by molar-refractivity contribution is 0.304. The average molecular weight is 288 g/mol. The van der Waals surface area contributed by atoms with Gasteiger partial charge in [0.1, 0.15) is 12.4 Å². The molecule has 2 aromatic rings. The van der Waals surface area contributed by atoms with E-state index in [-0.39, 0.29) is 6.61 Å². The minimum absolute atomic E-state index is 0.254. The van der Waals surface area contributed by atoms with Gasteiger partial charge in [-0.3, -0.25) is 0 Å². The molecule has 0 aliphatic carbocycles. The molecule has 0 bridgehead atoms. The van der Waals surface area contributed by atoms with E-state index in [4.69, 9.17) is 16.3 Å². The molecular weight excluding hydrogens is 274 g/mol. The zero-order valence-electron chi connectivity index (χ0n) is 11.3. The van der Waals surface area contributed by atoms with E-state index in [0.717, 1.165) is 11.3 Å². The lowest BCUT2D eigenvalue weighted by Crippen LogP contribution is -1.98. The predicted octanol–water partition coefficient (Wildman–Crippen LogP) is 4.50. The Hall–Kier alpha value is -2.09. The number of hydrogen-bond acceptors (Lipinski definition) is 3. The molecule has 0 aromatic heterocycles. The molecule has 0 radical (unpaired) electrons. The Kier molecular flexibility index (Phi) is 4.57. The molecule has 4 heteroatoms.